The largest absolute Gasteiger partial charge is 0.477 e. The molecule has 27 N–H and O–H groups in total. The molecule has 47 atom stereocenters. The molecule has 107 heavy (non-hydrogen) atoms. The van der Waals surface area contributed by atoms with Crippen LogP contribution >= 0.6 is 0 Å². The van der Waals surface area contributed by atoms with Gasteiger partial charge in [0.15, 0.2) is 50.3 Å². The lowest BCUT2D eigenvalue weighted by atomic mass is 9.87. The molecule has 0 aromatic heterocycles. The minimum Gasteiger partial charge on any atom is -0.477 e. The summed E-state index contributed by atoms with van der Waals surface area (Å²) in [7, 11) is 0. The summed E-state index contributed by atoms with van der Waals surface area (Å²) in [5.74, 6) is -11.1. The Morgan fingerprint density at radius 2 is 0.794 bits per heavy atom. The lowest BCUT2D eigenvalue weighted by molar-refractivity contribution is -0.403. The molecular formula is C63H109NO43. The number of carbonyl (C=O) groups is 1. The number of aliphatic hydroxyl groups excluding tert-OH is 24. The highest BCUT2D eigenvalue weighted by atomic mass is 16.8. The van der Waals surface area contributed by atoms with E-state index in [-0.39, 0.29) is 0 Å². The Kier molecular flexibility index (Phi) is 31.2. The molecule has 44 nitrogen and oxygen atoms in total. The van der Waals surface area contributed by atoms with E-state index in [4.69, 9.17) is 86.3 Å². The average Bonchev–Trinajstić information content (AvgIpc) is 0.767. The average molecular weight is 1570 g/mol. The molecule has 0 aromatic rings. The Labute approximate surface area is 611 Å². The highest BCUT2D eigenvalue weighted by Crippen LogP contribution is 2.43. The van der Waals surface area contributed by atoms with Crippen LogP contribution in [0, 0.1) is 29.6 Å². The number of carboxylic acid groups (broad SMARTS) is 1. The molecule has 9 rings (SSSR count). The number of hydrogen-bond donors (Lipinski definition) is 26. The summed E-state index contributed by atoms with van der Waals surface area (Å²) >= 11 is 0. The maximum absolute atomic E-state index is 12.8. The number of aliphatic carboxylic acids is 1. The van der Waals surface area contributed by atoms with Crippen molar-refractivity contribution in [3.05, 3.63) is 0 Å². The van der Waals surface area contributed by atoms with Crippen LogP contribution in [0.5, 0.6) is 0 Å². The number of carboxylic acids is 1. The first-order valence-electron chi connectivity index (χ1n) is 35.4. The molecule has 0 aliphatic carbocycles. The first kappa shape index (κ1) is 88.7. The van der Waals surface area contributed by atoms with E-state index in [0.717, 1.165) is 0 Å². The predicted octanol–water partition coefficient (Wildman–Crippen LogP) is -14.7. The van der Waals surface area contributed by atoms with Gasteiger partial charge < -0.3 is 214 Å². The van der Waals surface area contributed by atoms with Crippen LogP contribution in [0.4, 0.5) is 0 Å². The van der Waals surface area contributed by atoms with Crippen molar-refractivity contribution in [2.24, 2.45) is 35.3 Å². The summed E-state index contributed by atoms with van der Waals surface area (Å²) < 4.78 is 102. The minimum absolute atomic E-state index is 0.528. The van der Waals surface area contributed by atoms with Crippen LogP contribution in [-0.2, 0) is 85.3 Å². The van der Waals surface area contributed by atoms with Gasteiger partial charge in [0, 0.05) is 30.1 Å². The number of nitrogens with two attached hydrogens (primary N) is 1. The van der Waals surface area contributed by atoms with Gasteiger partial charge in [0.05, 0.1) is 114 Å². The van der Waals surface area contributed by atoms with Crippen molar-refractivity contribution in [2.45, 2.75) is 305 Å². The third-order valence-electron chi connectivity index (χ3n) is 21.9. The third-order valence-corrected chi connectivity index (χ3v) is 21.9. The van der Waals surface area contributed by atoms with Crippen LogP contribution in [0.2, 0.25) is 0 Å². The first-order valence-corrected chi connectivity index (χ1v) is 35.4. The fraction of sp³-hybridized carbons (Fsp3) is 0.984. The normalized spacial score (nSPS) is 51.8. The molecule has 9 heterocycles. The van der Waals surface area contributed by atoms with E-state index in [2.05, 4.69) is 0 Å². The summed E-state index contributed by atoms with van der Waals surface area (Å²) in [5, 5.41) is 276. The maximum atomic E-state index is 12.8. The Morgan fingerprint density at radius 1 is 0.402 bits per heavy atom. The van der Waals surface area contributed by atoms with Gasteiger partial charge >= 0.3 is 5.97 Å². The minimum atomic E-state index is -3.07. The first-order chi connectivity index (χ1) is 50.5. The molecule has 624 valence electrons. The molecule has 0 bridgehead atoms. The van der Waals surface area contributed by atoms with Crippen LogP contribution in [0.1, 0.15) is 48.0 Å². The van der Waals surface area contributed by atoms with Crippen molar-refractivity contribution >= 4 is 5.97 Å². The van der Waals surface area contributed by atoms with Crippen LogP contribution < -0.4 is 5.73 Å². The molecule has 20 unspecified atom stereocenters. The van der Waals surface area contributed by atoms with Crippen molar-refractivity contribution in [3.8, 4) is 0 Å². The lowest BCUT2D eigenvalue weighted by Gasteiger charge is -2.51. The van der Waals surface area contributed by atoms with Gasteiger partial charge in [0.2, 0.25) is 0 Å². The van der Waals surface area contributed by atoms with Crippen LogP contribution in [0.15, 0.2) is 0 Å². The Bertz CT molecular complexity index is 2730. The number of rotatable bonds is 28. The quantitative estimate of drug-likeness (QED) is 0.0324. The van der Waals surface area contributed by atoms with Crippen molar-refractivity contribution in [1.29, 1.82) is 0 Å². The smallest absolute Gasteiger partial charge is 0.364 e. The Hall–Kier alpha value is -2.21. The molecule has 9 fully saturated rings. The fourth-order valence-electron chi connectivity index (χ4n) is 14.8. The molecule has 0 saturated carbocycles. The van der Waals surface area contributed by atoms with Crippen LogP contribution in [0.3, 0.4) is 0 Å². The topological polar surface area (TPSA) is 706 Å². The van der Waals surface area contributed by atoms with Crippen molar-refractivity contribution in [3.63, 3.8) is 0 Å². The van der Waals surface area contributed by atoms with E-state index >= 15 is 0 Å². The summed E-state index contributed by atoms with van der Waals surface area (Å²) in [6.07, 6.45) is -74.1. The third kappa shape index (κ3) is 18.4. The molecule has 9 aliphatic rings. The van der Waals surface area contributed by atoms with E-state index in [9.17, 15) is 132 Å². The molecule has 0 spiro atoms. The van der Waals surface area contributed by atoms with Crippen LogP contribution in [0.25, 0.3) is 0 Å². The van der Waals surface area contributed by atoms with E-state index in [1.54, 1.807) is 13.8 Å². The van der Waals surface area contributed by atoms with Gasteiger partial charge in [-0.05, 0) is 13.8 Å². The zero-order chi connectivity index (χ0) is 79.0. The van der Waals surface area contributed by atoms with Crippen molar-refractivity contribution in [1.82, 2.24) is 0 Å². The van der Waals surface area contributed by atoms with Gasteiger partial charge in [-0.2, -0.15) is 0 Å². The van der Waals surface area contributed by atoms with Crippen molar-refractivity contribution in [2.75, 3.05) is 52.9 Å². The molecule has 9 aliphatic heterocycles. The Balaban J connectivity index is 0.952. The highest BCUT2D eigenvalue weighted by molar-refractivity contribution is 5.76. The maximum Gasteiger partial charge on any atom is 0.364 e. The van der Waals surface area contributed by atoms with Gasteiger partial charge in [-0.25, -0.2) is 4.79 Å². The van der Waals surface area contributed by atoms with Crippen LogP contribution in [-0.4, -0.2) is 444 Å². The standard InChI is InChI=1S/C63H109NO43/c1-16-20(5)92-27(12-69)47(34(16)75)100-56-18(3)35(76)49(29(14-71)97-56)102-59-46(87)51(41(82)30(99-59)15-91-60-52(43(84)39(80)25(10-67)95-60)104-55-17(2)33(74)38(79)24(9-66)94-55)103-61-53(44(85)40(81)26(11-68)96-61)105-57-19(4)36(77)48(28(13-70)98-57)101-58-45(86)42(83)31(21(6)93-58)54(88)107-63(62(89)90)7-22(72)32(64)50(106-63)37(78)23(73)8-65/h16-61,65-88H,7-15,64H2,1-6H3,(H,89,90)/t16-,17?,18+,19+,20+,21?,22-,23-,24+,25?,26-,27?,28?,29?,30?,31+,32-,33?,34?,35?,36?,37?,38-,39-,40-,41-,42+,43?,44?,45+,46?,47-,48-,49-,50?,51?,52-,53?,54?,55+,56+,57+,58?,59+,60+,61-,63+/m1/s1. The van der Waals surface area contributed by atoms with Gasteiger partial charge in [-0.15, -0.1) is 0 Å². The number of aliphatic hydroxyl groups is 24. The second-order valence-corrected chi connectivity index (χ2v) is 29.0. The zero-order valence-corrected chi connectivity index (χ0v) is 59.0. The van der Waals surface area contributed by atoms with E-state index in [1.807, 2.05) is 0 Å². The fourth-order valence-corrected chi connectivity index (χ4v) is 14.8. The summed E-state index contributed by atoms with van der Waals surface area (Å²) in [5.41, 5.74) is 5.94. The van der Waals surface area contributed by atoms with Crippen molar-refractivity contribution < 1.29 is 213 Å². The van der Waals surface area contributed by atoms with E-state index in [1.165, 1.54) is 27.7 Å². The number of hydrogen-bond acceptors (Lipinski definition) is 43. The van der Waals surface area contributed by atoms with E-state index in [0.29, 0.717) is 0 Å². The molecule has 44 heteroatoms. The molecular weight excluding hydrogens is 1460 g/mol. The molecule has 9 saturated heterocycles. The summed E-state index contributed by atoms with van der Waals surface area (Å²) in [4.78, 5) is 12.8. The van der Waals surface area contributed by atoms with Gasteiger partial charge in [-0.1, -0.05) is 27.7 Å². The van der Waals surface area contributed by atoms with Gasteiger partial charge in [0.25, 0.3) is 5.79 Å². The van der Waals surface area contributed by atoms with E-state index < -0.39 is 352 Å². The lowest BCUT2D eigenvalue weighted by Crippen LogP contribution is -2.68. The highest BCUT2D eigenvalue weighted by Gasteiger charge is 2.62. The molecule has 0 radical (unpaired) electrons. The SMILES string of the molecule is CC1C(O)[C@H](O)[C@H](CO)O[C@H]1O[C@@H]1C(O)[C@H](O)C(CO)O[C@@H]1OCC1O[C@@H](O[C@@H]2C(CO)O[C@@H](O[C@@H]3C(CO)O[C@@H](C)[C@@H](C)C3O)[C@@H](C)C2O)C(O)C(O[C@H]2O[C@H](CO)[C@@H](O)C(O)C2O[C@@H]2OC(CO)[C@@H](OC3OC(C)[C@H](C(O)O[C@]4(C(=O)O)C[C@@H](O)[C@@H](N)C(C(O)[C@H](O)CO)O4)[C@H](O)[C@@H]3O)C(O)[C@@H]2C)[C@@H]1O. The van der Waals surface area contributed by atoms with Gasteiger partial charge in [0.1, 0.15) is 146 Å². The number of ether oxygens (including phenoxy) is 17. The predicted molar refractivity (Wildman–Crippen MR) is 337 cm³/mol. The Morgan fingerprint density at radius 3 is 1.28 bits per heavy atom. The monoisotopic (exact) mass is 1570 g/mol. The summed E-state index contributed by atoms with van der Waals surface area (Å²) in [6, 6.07) is -1.58. The van der Waals surface area contributed by atoms with Gasteiger partial charge in [-0.3, -0.25) is 0 Å². The summed E-state index contributed by atoms with van der Waals surface area (Å²) in [6.45, 7) is 1.09. The molecule has 0 amide bonds. The second-order valence-electron chi connectivity index (χ2n) is 29.0. The zero-order valence-electron chi connectivity index (χ0n) is 59.0. The second kappa shape index (κ2) is 37.6. The molecule has 0 aromatic carbocycles.